The van der Waals surface area contributed by atoms with E-state index in [0.29, 0.717) is 36.3 Å². The number of likely N-dealkylation sites (tertiary alicyclic amines) is 1. The van der Waals surface area contributed by atoms with Gasteiger partial charge in [-0.15, -0.1) is 0 Å². The van der Waals surface area contributed by atoms with E-state index in [1.807, 2.05) is 13.8 Å². The average Bonchev–Trinajstić information content (AvgIpc) is 3.27. The predicted octanol–water partition coefficient (Wildman–Crippen LogP) is 4.75. The van der Waals surface area contributed by atoms with Crippen molar-refractivity contribution in [2.75, 3.05) is 25.0 Å². The summed E-state index contributed by atoms with van der Waals surface area (Å²) >= 11 is 0. The second-order valence-electron chi connectivity index (χ2n) is 11.1. The molecule has 1 aliphatic rings. The Morgan fingerprint density at radius 3 is 2.50 bits per heavy atom. The van der Waals surface area contributed by atoms with Crippen molar-refractivity contribution in [3.05, 3.63) is 47.9 Å². The zero-order valence-corrected chi connectivity index (χ0v) is 23.0. The summed E-state index contributed by atoms with van der Waals surface area (Å²) in [4.78, 5) is 31.0. The van der Waals surface area contributed by atoms with Crippen LogP contribution in [0.2, 0.25) is 0 Å². The van der Waals surface area contributed by atoms with E-state index < -0.39 is 23.4 Å². The Bertz CT molecular complexity index is 1370. The van der Waals surface area contributed by atoms with E-state index >= 15 is 0 Å². The minimum absolute atomic E-state index is 0.0138. The van der Waals surface area contributed by atoms with Gasteiger partial charge < -0.3 is 20.1 Å². The molecule has 40 heavy (non-hydrogen) atoms. The highest BCUT2D eigenvalue weighted by molar-refractivity contribution is 6.05. The highest BCUT2D eigenvalue weighted by Gasteiger charge is 2.33. The van der Waals surface area contributed by atoms with Gasteiger partial charge in [-0.2, -0.15) is 18.3 Å². The number of carbonyl (C=O) groups is 2. The van der Waals surface area contributed by atoms with Crippen molar-refractivity contribution in [2.45, 2.75) is 58.9 Å². The normalized spacial score (nSPS) is 15.1. The van der Waals surface area contributed by atoms with Crippen molar-refractivity contribution >= 4 is 28.4 Å². The van der Waals surface area contributed by atoms with Crippen LogP contribution < -0.4 is 10.1 Å². The number of carbonyl (C=O) groups excluding carboxylic acids is 2. The summed E-state index contributed by atoms with van der Waals surface area (Å²) in [5, 5.41) is 18.0. The summed E-state index contributed by atoms with van der Waals surface area (Å²) in [6.45, 7) is 8.94. The van der Waals surface area contributed by atoms with Gasteiger partial charge in [0.2, 0.25) is 5.91 Å². The van der Waals surface area contributed by atoms with Crippen LogP contribution in [0.4, 0.5) is 18.9 Å². The lowest BCUT2D eigenvalue weighted by molar-refractivity contribution is -0.141. The maximum Gasteiger partial charge on any atom is 0.433 e. The number of nitrogens with one attached hydrogen (secondary N) is 1. The third kappa shape index (κ3) is 7.09. The molecule has 3 heterocycles. The Labute approximate surface area is 230 Å². The first-order valence-electron chi connectivity index (χ1n) is 13.2. The lowest BCUT2D eigenvalue weighted by atomic mass is 9.83. The molecule has 2 amide bonds. The van der Waals surface area contributed by atoms with Gasteiger partial charge in [-0.3, -0.25) is 14.3 Å². The van der Waals surface area contributed by atoms with Crippen LogP contribution in [0, 0.1) is 11.8 Å². The quantitative estimate of drug-likeness (QED) is 0.411. The SMILES string of the molecule is CC(C)COc1cc2nn(CC(=O)N3CCC(C(C)(C)O)CC3)cc2cc1NC(=O)c1cccc(C(F)(F)F)n1. The second kappa shape index (κ2) is 11.4. The van der Waals surface area contributed by atoms with Crippen LogP contribution >= 0.6 is 0 Å². The Morgan fingerprint density at radius 1 is 1.18 bits per heavy atom. The summed E-state index contributed by atoms with van der Waals surface area (Å²) in [6, 6.07) is 6.36. The molecule has 0 bridgehead atoms. The van der Waals surface area contributed by atoms with Crippen molar-refractivity contribution in [2.24, 2.45) is 11.8 Å². The van der Waals surface area contributed by atoms with Crippen LogP contribution in [0.1, 0.15) is 56.7 Å². The third-order valence-electron chi connectivity index (χ3n) is 6.89. The zero-order chi connectivity index (χ0) is 29.2. The number of pyridine rings is 1. The van der Waals surface area contributed by atoms with Crippen LogP contribution in [-0.4, -0.2) is 61.9 Å². The summed E-state index contributed by atoms with van der Waals surface area (Å²) in [7, 11) is 0. The first-order valence-corrected chi connectivity index (χ1v) is 13.2. The molecule has 0 saturated carbocycles. The number of piperidine rings is 1. The van der Waals surface area contributed by atoms with Crippen LogP contribution in [0.25, 0.3) is 10.9 Å². The zero-order valence-electron chi connectivity index (χ0n) is 23.0. The topological polar surface area (TPSA) is 110 Å². The number of amides is 2. The number of aliphatic hydroxyl groups is 1. The molecular formula is C28H34F3N5O4. The van der Waals surface area contributed by atoms with Gasteiger partial charge in [0.1, 0.15) is 23.7 Å². The van der Waals surface area contributed by atoms with E-state index in [9.17, 15) is 27.9 Å². The number of hydrogen-bond donors (Lipinski definition) is 2. The van der Waals surface area contributed by atoms with Crippen molar-refractivity contribution in [1.29, 1.82) is 0 Å². The second-order valence-corrected chi connectivity index (χ2v) is 11.1. The van der Waals surface area contributed by atoms with Crippen molar-refractivity contribution in [3.8, 4) is 5.75 Å². The number of aromatic nitrogens is 3. The van der Waals surface area contributed by atoms with E-state index in [0.717, 1.165) is 25.0 Å². The summed E-state index contributed by atoms with van der Waals surface area (Å²) in [5.41, 5.74) is -1.56. The summed E-state index contributed by atoms with van der Waals surface area (Å²) in [6.07, 6.45) is -1.58. The molecule has 1 aromatic carbocycles. The molecule has 1 aliphatic heterocycles. The standard InChI is InChI=1S/C28H34F3N5O4/c1-17(2)16-40-23-13-21-18(12-22(23)33-26(38)20-6-5-7-24(32-20)28(29,30)31)14-36(34-21)15-25(37)35-10-8-19(9-11-35)27(3,4)39/h5-7,12-14,17,19,39H,8-11,15-16H2,1-4H3,(H,33,38). The number of halogens is 3. The van der Waals surface area contributed by atoms with E-state index in [2.05, 4.69) is 15.4 Å². The molecule has 1 fully saturated rings. The minimum atomic E-state index is -4.68. The van der Waals surface area contributed by atoms with Gasteiger partial charge in [0.15, 0.2) is 0 Å². The number of benzene rings is 1. The van der Waals surface area contributed by atoms with E-state index in [-0.39, 0.29) is 35.7 Å². The van der Waals surface area contributed by atoms with E-state index in [1.165, 1.54) is 10.7 Å². The van der Waals surface area contributed by atoms with Crippen LogP contribution in [-0.2, 0) is 17.5 Å². The molecule has 4 rings (SSSR count). The molecule has 9 nitrogen and oxygen atoms in total. The van der Waals surface area contributed by atoms with Crippen molar-refractivity contribution in [3.63, 3.8) is 0 Å². The molecule has 2 aromatic heterocycles. The molecular weight excluding hydrogens is 527 g/mol. The highest BCUT2D eigenvalue weighted by atomic mass is 19.4. The number of rotatable bonds is 8. The molecule has 12 heteroatoms. The number of alkyl halides is 3. The fourth-order valence-corrected chi connectivity index (χ4v) is 4.64. The number of ether oxygens (including phenoxy) is 1. The molecule has 0 spiro atoms. The van der Waals surface area contributed by atoms with Gasteiger partial charge in [0, 0.05) is 30.7 Å². The Hall–Kier alpha value is -3.67. The number of hydrogen-bond acceptors (Lipinski definition) is 6. The number of fused-ring (bicyclic) bond motifs is 1. The van der Waals surface area contributed by atoms with Gasteiger partial charge >= 0.3 is 6.18 Å². The smallest absolute Gasteiger partial charge is 0.433 e. The van der Waals surface area contributed by atoms with Gasteiger partial charge in [0.05, 0.1) is 23.4 Å². The van der Waals surface area contributed by atoms with Crippen molar-refractivity contribution in [1.82, 2.24) is 19.7 Å². The maximum absolute atomic E-state index is 13.1. The number of anilines is 1. The minimum Gasteiger partial charge on any atom is -0.491 e. The monoisotopic (exact) mass is 561 g/mol. The van der Waals surface area contributed by atoms with Gasteiger partial charge in [-0.05, 0) is 56.7 Å². The van der Waals surface area contributed by atoms with Crippen LogP contribution in [0.5, 0.6) is 5.75 Å². The lowest BCUT2D eigenvalue weighted by Gasteiger charge is -2.37. The molecule has 0 aliphatic carbocycles. The highest BCUT2D eigenvalue weighted by Crippen LogP contribution is 2.32. The third-order valence-corrected chi connectivity index (χ3v) is 6.89. The molecule has 0 atom stereocenters. The van der Waals surface area contributed by atoms with Crippen molar-refractivity contribution < 1.29 is 32.6 Å². The van der Waals surface area contributed by atoms with Crippen LogP contribution in [0.15, 0.2) is 36.5 Å². The molecule has 216 valence electrons. The van der Waals surface area contributed by atoms with E-state index in [4.69, 9.17) is 4.74 Å². The molecule has 1 saturated heterocycles. The molecule has 2 N–H and O–H groups in total. The molecule has 0 radical (unpaired) electrons. The Morgan fingerprint density at radius 2 is 1.88 bits per heavy atom. The maximum atomic E-state index is 13.1. The Kier molecular flexibility index (Phi) is 8.38. The van der Waals surface area contributed by atoms with Gasteiger partial charge in [-0.25, -0.2) is 4.98 Å². The van der Waals surface area contributed by atoms with E-state index in [1.54, 1.807) is 37.1 Å². The molecule has 0 unspecified atom stereocenters. The average molecular weight is 562 g/mol. The summed E-state index contributed by atoms with van der Waals surface area (Å²) < 4.78 is 46.7. The first-order chi connectivity index (χ1) is 18.7. The number of nitrogens with zero attached hydrogens (tertiary/aromatic N) is 4. The van der Waals surface area contributed by atoms with Gasteiger partial charge in [0.25, 0.3) is 5.91 Å². The Balaban J connectivity index is 1.54. The first kappa shape index (κ1) is 29.3. The van der Waals surface area contributed by atoms with Gasteiger partial charge in [-0.1, -0.05) is 19.9 Å². The largest absolute Gasteiger partial charge is 0.491 e. The molecule has 3 aromatic rings. The van der Waals surface area contributed by atoms with Crippen LogP contribution in [0.3, 0.4) is 0 Å². The fraction of sp³-hybridized carbons (Fsp3) is 0.500. The lowest BCUT2D eigenvalue weighted by Crippen LogP contribution is -2.45. The summed E-state index contributed by atoms with van der Waals surface area (Å²) in [5.74, 6) is -0.320. The fourth-order valence-electron chi connectivity index (χ4n) is 4.64. The predicted molar refractivity (Wildman–Crippen MR) is 143 cm³/mol.